The first-order chi connectivity index (χ1) is 19.3. The normalized spacial score (nSPS) is 39.9. The second-order valence-electron chi connectivity index (χ2n) is 14.9. The maximum Gasteiger partial charge on any atom is 0.311 e. The zero-order chi connectivity index (χ0) is 29.4. The highest BCUT2D eigenvalue weighted by Gasteiger charge is 2.67. The van der Waals surface area contributed by atoms with Gasteiger partial charge in [0.15, 0.2) is 5.76 Å². The fourth-order valence-electron chi connectivity index (χ4n) is 9.65. The van der Waals surface area contributed by atoms with Crippen molar-refractivity contribution < 1.29 is 19.4 Å². The van der Waals surface area contributed by atoms with Crippen molar-refractivity contribution in [3.8, 4) is 0 Å². The van der Waals surface area contributed by atoms with Gasteiger partial charge in [-0.1, -0.05) is 45.4 Å². The molecule has 6 rings (SSSR count). The second-order valence-corrected chi connectivity index (χ2v) is 14.9. The number of aromatic nitrogens is 2. The number of nitrogens with zero attached hydrogens (tertiary/aromatic N) is 2. The predicted octanol–water partition coefficient (Wildman–Crippen LogP) is 7.44. The Labute approximate surface area is 244 Å². The number of hydrogen-bond acceptors (Lipinski definition) is 5. The summed E-state index contributed by atoms with van der Waals surface area (Å²) in [6.07, 6.45) is 19.5. The van der Waals surface area contributed by atoms with E-state index < -0.39 is 5.41 Å². The zero-order valence-electron chi connectivity index (χ0n) is 25.7. The fourth-order valence-corrected chi connectivity index (χ4v) is 9.65. The van der Waals surface area contributed by atoms with Crippen LogP contribution in [0.5, 0.6) is 0 Å². The molecule has 5 aliphatic carbocycles. The van der Waals surface area contributed by atoms with Gasteiger partial charge in [-0.25, -0.2) is 4.98 Å². The number of esters is 1. The van der Waals surface area contributed by atoms with Crippen LogP contribution in [0.15, 0.2) is 65.0 Å². The Hall–Kier alpha value is -2.89. The minimum Gasteiger partial charge on any atom is -0.504 e. The largest absolute Gasteiger partial charge is 0.504 e. The number of aliphatic hydroxyl groups is 1. The van der Waals surface area contributed by atoms with Gasteiger partial charge in [-0.05, 0) is 105 Å². The molecule has 0 radical (unpaired) electrons. The van der Waals surface area contributed by atoms with E-state index >= 15 is 0 Å². The van der Waals surface area contributed by atoms with E-state index in [2.05, 4.69) is 51.8 Å². The molecule has 0 aromatic carbocycles. The van der Waals surface area contributed by atoms with Crippen LogP contribution in [0.1, 0.15) is 92.9 Å². The lowest BCUT2D eigenvalue weighted by molar-refractivity contribution is -0.182. The van der Waals surface area contributed by atoms with E-state index in [1.807, 2.05) is 17.7 Å². The number of carbonyl (C=O) groups excluding carboxylic acids is 2. The molecule has 220 valence electrons. The van der Waals surface area contributed by atoms with E-state index in [9.17, 15) is 14.7 Å². The molecule has 0 saturated heterocycles. The number of carbonyl (C=O) groups is 2. The maximum atomic E-state index is 13.6. The first-order valence-electron chi connectivity index (χ1n) is 15.5. The Balaban J connectivity index is 1.28. The van der Waals surface area contributed by atoms with Gasteiger partial charge in [0.1, 0.15) is 0 Å². The number of aliphatic hydroxyl groups excluding tert-OH is 1. The van der Waals surface area contributed by atoms with Gasteiger partial charge in [0.2, 0.25) is 5.78 Å². The molecule has 1 aromatic rings. The molecule has 0 unspecified atom stereocenters. The summed E-state index contributed by atoms with van der Waals surface area (Å²) in [5, 5.41) is 10.4. The van der Waals surface area contributed by atoms with Crippen molar-refractivity contribution in [1.82, 2.24) is 9.55 Å². The van der Waals surface area contributed by atoms with Crippen molar-refractivity contribution in [2.45, 2.75) is 99.5 Å². The molecule has 0 bridgehead atoms. The Morgan fingerprint density at radius 1 is 1.07 bits per heavy atom. The summed E-state index contributed by atoms with van der Waals surface area (Å²) < 4.78 is 7.94. The molecular formula is C35H46N2O4. The average Bonchev–Trinajstić information content (AvgIpc) is 3.46. The summed E-state index contributed by atoms with van der Waals surface area (Å²) in [5.74, 6) is -0.0529. The lowest BCUT2D eigenvalue weighted by Gasteiger charge is -2.70. The van der Waals surface area contributed by atoms with Crippen molar-refractivity contribution in [2.75, 3.05) is 6.61 Å². The Morgan fingerprint density at radius 2 is 1.83 bits per heavy atom. The molecular weight excluding hydrogens is 512 g/mol. The van der Waals surface area contributed by atoms with Crippen LogP contribution in [-0.2, 0) is 20.9 Å². The predicted molar refractivity (Wildman–Crippen MR) is 159 cm³/mol. The van der Waals surface area contributed by atoms with Crippen LogP contribution in [0.25, 0.3) is 0 Å². The molecule has 6 atom stereocenters. The highest BCUT2D eigenvalue weighted by molar-refractivity contribution is 6.06. The molecule has 1 N–H and O–H groups in total. The van der Waals surface area contributed by atoms with Gasteiger partial charge in [0.25, 0.3) is 0 Å². The third-order valence-electron chi connectivity index (χ3n) is 12.7. The van der Waals surface area contributed by atoms with Crippen molar-refractivity contribution in [1.29, 1.82) is 0 Å². The number of ether oxygens (including phenoxy) is 1. The Morgan fingerprint density at radius 3 is 2.56 bits per heavy atom. The second kappa shape index (κ2) is 9.31. The summed E-state index contributed by atoms with van der Waals surface area (Å²) in [7, 11) is 0. The number of imidazole rings is 1. The summed E-state index contributed by atoms with van der Waals surface area (Å²) in [6, 6.07) is 0. The van der Waals surface area contributed by atoms with Gasteiger partial charge in [-0.15, -0.1) is 0 Å². The van der Waals surface area contributed by atoms with Gasteiger partial charge < -0.3 is 14.4 Å². The van der Waals surface area contributed by atoms with Crippen LogP contribution >= 0.6 is 0 Å². The van der Waals surface area contributed by atoms with Crippen molar-refractivity contribution in [3.05, 3.63) is 65.0 Å². The first kappa shape index (κ1) is 28.2. The minimum absolute atomic E-state index is 0.0202. The van der Waals surface area contributed by atoms with Crippen LogP contribution in [0, 0.1) is 33.0 Å². The summed E-state index contributed by atoms with van der Waals surface area (Å²) >= 11 is 0. The third-order valence-corrected chi connectivity index (χ3v) is 12.7. The lowest BCUT2D eigenvalue weighted by atomic mass is 9.34. The number of aryl methyl sites for hydroxylation is 1. The number of ketones is 1. The van der Waals surface area contributed by atoms with Crippen LogP contribution < -0.4 is 0 Å². The number of fused-ring (bicyclic) bond motifs is 7. The minimum atomic E-state index is -0.479. The fraction of sp³-hybridized carbons (Fsp3) is 0.629. The number of rotatable bonds is 5. The van der Waals surface area contributed by atoms with Gasteiger partial charge in [-0.3, -0.25) is 9.59 Å². The quantitative estimate of drug-likeness (QED) is 0.300. The zero-order valence-corrected chi connectivity index (χ0v) is 25.7. The summed E-state index contributed by atoms with van der Waals surface area (Å²) in [6.45, 7) is 15.0. The molecule has 6 heteroatoms. The van der Waals surface area contributed by atoms with Gasteiger partial charge in [-0.2, -0.15) is 0 Å². The van der Waals surface area contributed by atoms with E-state index in [4.69, 9.17) is 4.74 Å². The third kappa shape index (κ3) is 3.99. The van der Waals surface area contributed by atoms with Gasteiger partial charge in [0, 0.05) is 29.9 Å². The van der Waals surface area contributed by atoms with Crippen molar-refractivity contribution in [3.63, 3.8) is 0 Å². The van der Waals surface area contributed by atoms with Crippen LogP contribution in [0.2, 0.25) is 0 Å². The topological polar surface area (TPSA) is 81.4 Å². The monoisotopic (exact) mass is 558 g/mol. The molecule has 3 fully saturated rings. The van der Waals surface area contributed by atoms with E-state index in [0.717, 1.165) is 69.1 Å². The highest BCUT2D eigenvalue weighted by Crippen LogP contribution is 2.75. The van der Waals surface area contributed by atoms with Crippen LogP contribution in [0.3, 0.4) is 0 Å². The molecule has 0 aliphatic heterocycles. The summed E-state index contributed by atoms with van der Waals surface area (Å²) in [4.78, 5) is 30.4. The Bertz CT molecular complexity index is 1420. The molecule has 5 aliphatic rings. The van der Waals surface area contributed by atoms with E-state index in [1.54, 1.807) is 18.6 Å². The van der Waals surface area contributed by atoms with E-state index in [-0.39, 0.29) is 39.2 Å². The molecule has 1 aromatic heterocycles. The highest BCUT2D eigenvalue weighted by atomic mass is 16.5. The van der Waals surface area contributed by atoms with Gasteiger partial charge in [0.05, 0.1) is 18.3 Å². The lowest BCUT2D eigenvalue weighted by Crippen LogP contribution is -2.62. The molecule has 0 amide bonds. The Kier molecular flexibility index (Phi) is 6.41. The standard InChI is InChI=1S/C35H46N2O4/c1-23-24-8-9-27-33(4,25(24)20-26(38)29(23)39)13-15-35(6)28-21-32(3,11-10-31(28,2)12-14-34(27,35)5)30(40)41-19-7-17-37-18-16-36-22-37/h8-9,16,18,20,22,28,39H,7,10-15,17,19,21H2,1-6H3/t28-,31-,32-,33+,34-,35+/m1/s1. The molecule has 1 heterocycles. The molecule has 6 nitrogen and oxygen atoms in total. The van der Waals surface area contributed by atoms with Crippen molar-refractivity contribution in [2.24, 2.45) is 33.0 Å². The first-order valence-corrected chi connectivity index (χ1v) is 15.5. The van der Waals surface area contributed by atoms with Crippen LogP contribution in [0.4, 0.5) is 0 Å². The van der Waals surface area contributed by atoms with Gasteiger partial charge >= 0.3 is 5.97 Å². The SMILES string of the molecule is CC1=C(O)C(=O)C=C2C1=CC=C1[C@@]2(C)CC[C@@]2(C)[C@@H]3C[C@](C)(C(=O)OCCCn4ccnc4)CC[C@]3(C)CC[C@]12C. The molecule has 3 saturated carbocycles. The summed E-state index contributed by atoms with van der Waals surface area (Å²) in [5.41, 5.74) is 3.62. The van der Waals surface area contributed by atoms with E-state index in [0.29, 0.717) is 18.1 Å². The number of allylic oxidation sites excluding steroid dienone is 7. The van der Waals surface area contributed by atoms with Crippen LogP contribution in [-0.4, -0.2) is 33.0 Å². The van der Waals surface area contributed by atoms with E-state index in [1.165, 1.54) is 5.57 Å². The smallest absolute Gasteiger partial charge is 0.311 e. The molecule has 0 spiro atoms. The maximum absolute atomic E-state index is 13.6. The number of hydrogen-bond donors (Lipinski definition) is 1. The molecule has 41 heavy (non-hydrogen) atoms. The average molecular weight is 559 g/mol. The van der Waals surface area contributed by atoms with Crippen molar-refractivity contribution >= 4 is 11.8 Å².